The molecule has 0 atom stereocenters. The van der Waals surface area contributed by atoms with Gasteiger partial charge in [-0.2, -0.15) is 0 Å². The van der Waals surface area contributed by atoms with Crippen molar-refractivity contribution in [2.45, 2.75) is 6.92 Å². The Balaban J connectivity index is 1.98. The van der Waals surface area contributed by atoms with Crippen molar-refractivity contribution in [2.24, 2.45) is 0 Å². The van der Waals surface area contributed by atoms with Gasteiger partial charge in [-0.05, 0) is 42.8 Å². The molecule has 0 aliphatic carbocycles. The third kappa shape index (κ3) is 4.31. The minimum absolute atomic E-state index is 0.155. The van der Waals surface area contributed by atoms with Crippen LogP contribution in [0.25, 0.3) is 6.08 Å². The number of hydrogen-bond acceptors (Lipinski definition) is 2. The molecule has 2 rings (SSSR count). The van der Waals surface area contributed by atoms with Gasteiger partial charge in [0.15, 0.2) is 0 Å². The second-order valence-corrected chi connectivity index (χ2v) is 4.89. The van der Waals surface area contributed by atoms with Crippen LogP contribution in [0, 0.1) is 6.92 Å². The number of aryl methyl sites for hydroxylation is 1. The normalized spacial score (nSPS) is 10.5. The largest absolute Gasteiger partial charge is 0.355 e. The highest BCUT2D eigenvalue weighted by atomic mass is 16.2. The predicted molar refractivity (Wildman–Crippen MR) is 88.7 cm³/mol. The van der Waals surface area contributed by atoms with Crippen molar-refractivity contribution in [3.63, 3.8) is 0 Å². The molecular weight excluding hydrogens is 276 g/mol. The summed E-state index contributed by atoms with van der Waals surface area (Å²) >= 11 is 0. The topological polar surface area (TPSA) is 58.2 Å². The molecule has 0 spiro atoms. The lowest BCUT2D eigenvalue weighted by Gasteiger charge is -2.04. The van der Waals surface area contributed by atoms with Crippen molar-refractivity contribution in [3.05, 3.63) is 71.3 Å². The molecule has 4 nitrogen and oxygen atoms in total. The maximum atomic E-state index is 11.9. The van der Waals surface area contributed by atoms with Crippen LogP contribution in [0.15, 0.2) is 54.6 Å². The van der Waals surface area contributed by atoms with Crippen LogP contribution in [0.1, 0.15) is 21.5 Å². The Labute approximate surface area is 129 Å². The molecule has 2 N–H and O–H groups in total. The van der Waals surface area contributed by atoms with Gasteiger partial charge in [0.2, 0.25) is 5.91 Å². The van der Waals surface area contributed by atoms with Gasteiger partial charge in [0, 0.05) is 24.4 Å². The third-order valence-electron chi connectivity index (χ3n) is 3.11. The lowest BCUT2D eigenvalue weighted by atomic mass is 10.1. The lowest BCUT2D eigenvalue weighted by molar-refractivity contribution is -0.111. The van der Waals surface area contributed by atoms with E-state index in [1.54, 1.807) is 37.4 Å². The zero-order valence-corrected chi connectivity index (χ0v) is 12.6. The SMILES string of the molecule is CNC(=O)c1ccc(NC(=O)C=Cc2cccc(C)c2)cc1. The molecule has 0 saturated heterocycles. The van der Waals surface area contributed by atoms with E-state index in [1.165, 1.54) is 6.08 Å². The molecule has 22 heavy (non-hydrogen) atoms. The molecule has 0 saturated carbocycles. The third-order valence-corrected chi connectivity index (χ3v) is 3.11. The molecule has 4 heteroatoms. The summed E-state index contributed by atoms with van der Waals surface area (Å²) in [4.78, 5) is 23.3. The number of nitrogens with one attached hydrogen (secondary N) is 2. The number of anilines is 1. The summed E-state index contributed by atoms with van der Waals surface area (Å²) < 4.78 is 0. The maximum Gasteiger partial charge on any atom is 0.251 e. The van der Waals surface area contributed by atoms with Crippen molar-refractivity contribution >= 4 is 23.6 Å². The molecule has 0 radical (unpaired) electrons. The number of amides is 2. The first kappa shape index (κ1) is 15.5. The maximum absolute atomic E-state index is 11.9. The summed E-state index contributed by atoms with van der Waals surface area (Å²) in [5, 5.41) is 5.30. The first-order chi connectivity index (χ1) is 10.6. The number of hydrogen-bond donors (Lipinski definition) is 2. The molecule has 0 unspecified atom stereocenters. The minimum Gasteiger partial charge on any atom is -0.355 e. The van der Waals surface area contributed by atoms with E-state index in [4.69, 9.17) is 0 Å². The van der Waals surface area contributed by atoms with Crippen molar-refractivity contribution in [2.75, 3.05) is 12.4 Å². The minimum atomic E-state index is -0.214. The predicted octanol–water partition coefficient (Wildman–Crippen LogP) is 3.01. The highest BCUT2D eigenvalue weighted by Gasteiger charge is 2.03. The monoisotopic (exact) mass is 294 g/mol. The molecule has 0 aliphatic rings. The van der Waals surface area contributed by atoms with Crippen LogP contribution in [0.5, 0.6) is 0 Å². The first-order valence-electron chi connectivity index (χ1n) is 6.96. The van der Waals surface area contributed by atoms with Gasteiger partial charge in [-0.3, -0.25) is 9.59 Å². The van der Waals surface area contributed by atoms with E-state index in [1.807, 2.05) is 31.2 Å². The van der Waals surface area contributed by atoms with E-state index >= 15 is 0 Å². The number of carbonyl (C=O) groups excluding carboxylic acids is 2. The summed E-state index contributed by atoms with van der Waals surface area (Å²) in [6.45, 7) is 2.01. The van der Waals surface area contributed by atoms with E-state index in [-0.39, 0.29) is 11.8 Å². The van der Waals surface area contributed by atoms with Crippen LogP contribution >= 0.6 is 0 Å². The summed E-state index contributed by atoms with van der Waals surface area (Å²) in [6.07, 6.45) is 3.25. The fourth-order valence-electron chi connectivity index (χ4n) is 1.98. The van der Waals surface area contributed by atoms with Crippen LogP contribution in [0.4, 0.5) is 5.69 Å². The van der Waals surface area contributed by atoms with E-state index in [9.17, 15) is 9.59 Å². The van der Waals surface area contributed by atoms with Crippen LogP contribution in [-0.4, -0.2) is 18.9 Å². The van der Waals surface area contributed by atoms with E-state index in [0.29, 0.717) is 11.3 Å². The fourth-order valence-corrected chi connectivity index (χ4v) is 1.98. The standard InChI is InChI=1S/C18H18N2O2/c1-13-4-3-5-14(12-13)6-11-17(21)20-16-9-7-15(8-10-16)18(22)19-2/h3-12H,1-2H3,(H,19,22)(H,20,21). The van der Waals surface area contributed by atoms with Crippen LogP contribution in [0.3, 0.4) is 0 Å². The summed E-state index contributed by atoms with van der Waals surface area (Å²) in [6, 6.07) is 14.6. The molecule has 2 aromatic carbocycles. The van der Waals surface area contributed by atoms with E-state index in [2.05, 4.69) is 10.6 Å². The average Bonchev–Trinajstić information content (AvgIpc) is 2.53. The molecular formula is C18H18N2O2. The number of rotatable bonds is 4. The number of benzene rings is 2. The van der Waals surface area contributed by atoms with Gasteiger partial charge >= 0.3 is 0 Å². The van der Waals surface area contributed by atoms with Gasteiger partial charge in [0.05, 0.1) is 0 Å². The Hall–Kier alpha value is -2.88. The summed E-state index contributed by atoms with van der Waals surface area (Å²) in [5.41, 5.74) is 3.32. The Morgan fingerprint density at radius 2 is 1.77 bits per heavy atom. The second kappa shape index (κ2) is 7.22. The van der Waals surface area contributed by atoms with Crippen LogP contribution < -0.4 is 10.6 Å². The molecule has 0 fully saturated rings. The first-order valence-corrected chi connectivity index (χ1v) is 6.96. The molecule has 0 heterocycles. The Morgan fingerprint density at radius 1 is 1.05 bits per heavy atom. The van der Waals surface area contributed by atoms with Gasteiger partial charge in [0.25, 0.3) is 5.91 Å². The van der Waals surface area contributed by atoms with Crippen molar-refractivity contribution in [3.8, 4) is 0 Å². The smallest absolute Gasteiger partial charge is 0.251 e. The molecule has 2 aromatic rings. The average molecular weight is 294 g/mol. The van der Waals surface area contributed by atoms with Crippen LogP contribution in [0.2, 0.25) is 0 Å². The highest BCUT2D eigenvalue weighted by molar-refractivity contribution is 6.02. The van der Waals surface area contributed by atoms with Gasteiger partial charge < -0.3 is 10.6 Å². The quantitative estimate of drug-likeness (QED) is 0.852. The van der Waals surface area contributed by atoms with E-state index < -0.39 is 0 Å². The molecule has 0 bridgehead atoms. The molecule has 0 aromatic heterocycles. The highest BCUT2D eigenvalue weighted by Crippen LogP contribution is 2.10. The Morgan fingerprint density at radius 3 is 2.41 bits per heavy atom. The molecule has 112 valence electrons. The fraction of sp³-hybridized carbons (Fsp3) is 0.111. The van der Waals surface area contributed by atoms with Gasteiger partial charge in [-0.25, -0.2) is 0 Å². The summed E-state index contributed by atoms with van der Waals surface area (Å²) in [5.74, 6) is -0.369. The van der Waals surface area contributed by atoms with Gasteiger partial charge in [-0.1, -0.05) is 29.8 Å². The zero-order chi connectivity index (χ0) is 15.9. The Kier molecular flexibility index (Phi) is 5.09. The van der Waals surface area contributed by atoms with Gasteiger partial charge in [0.1, 0.15) is 0 Å². The number of carbonyl (C=O) groups is 2. The lowest BCUT2D eigenvalue weighted by Crippen LogP contribution is -2.17. The zero-order valence-electron chi connectivity index (χ0n) is 12.6. The van der Waals surface area contributed by atoms with Crippen molar-refractivity contribution in [1.82, 2.24) is 5.32 Å². The second-order valence-electron chi connectivity index (χ2n) is 4.89. The molecule has 2 amide bonds. The Bertz CT molecular complexity index is 703. The summed E-state index contributed by atoms with van der Waals surface area (Å²) in [7, 11) is 1.58. The molecule has 0 aliphatic heterocycles. The van der Waals surface area contributed by atoms with Crippen molar-refractivity contribution in [1.29, 1.82) is 0 Å². The van der Waals surface area contributed by atoms with Crippen LogP contribution in [-0.2, 0) is 4.79 Å². The van der Waals surface area contributed by atoms with Gasteiger partial charge in [-0.15, -0.1) is 0 Å². The van der Waals surface area contributed by atoms with E-state index in [0.717, 1.165) is 11.1 Å². The van der Waals surface area contributed by atoms with Crippen molar-refractivity contribution < 1.29 is 9.59 Å².